The van der Waals surface area contributed by atoms with E-state index in [0.717, 1.165) is 45.2 Å². The quantitative estimate of drug-likeness (QED) is 0.240. The lowest BCUT2D eigenvalue weighted by atomic mass is 9.96. The summed E-state index contributed by atoms with van der Waals surface area (Å²) in [5, 5.41) is 13.0. The van der Waals surface area contributed by atoms with Crippen LogP contribution in [0.15, 0.2) is 114 Å². The summed E-state index contributed by atoms with van der Waals surface area (Å²) < 4.78 is 7.02. The molecule has 0 spiro atoms. The van der Waals surface area contributed by atoms with Crippen LogP contribution in [-0.4, -0.2) is 5.11 Å². The maximum Gasteiger partial charge on any atom is 0.133 e. The van der Waals surface area contributed by atoms with E-state index >= 15 is 0 Å². The van der Waals surface area contributed by atoms with Crippen LogP contribution in [0.5, 0.6) is 11.5 Å². The van der Waals surface area contributed by atoms with E-state index in [0.29, 0.717) is 17.5 Å². The molecule has 2 nitrogen and oxygen atoms in total. The molecule has 0 aliphatic carbocycles. The summed E-state index contributed by atoms with van der Waals surface area (Å²) >= 11 is 3.66. The van der Waals surface area contributed by atoms with Crippen molar-refractivity contribution in [3.05, 3.63) is 141 Å². The van der Waals surface area contributed by atoms with Gasteiger partial charge in [0.15, 0.2) is 0 Å². The van der Waals surface area contributed by atoms with Crippen molar-refractivity contribution in [2.45, 2.75) is 19.4 Å². The van der Waals surface area contributed by atoms with E-state index in [2.05, 4.69) is 76.6 Å². The Kier molecular flexibility index (Phi) is 6.64. The summed E-state index contributed by atoms with van der Waals surface area (Å²) in [7, 11) is 0. The Morgan fingerprint density at radius 1 is 0.618 bits per heavy atom. The highest BCUT2D eigenvalue weighted by molar-refractivity contribution is 9.10. The van der Waals surface area contributed by atoms with Crippen molar-refractivity contribution in [3.8, 4) is 11.5 Å². The second kappa shape index (κ2) is 10.1. The number of phenolic OH excluding ortho intramolecular Hbond substituents is 1. The molecule has 0 aliphatic rings. The first-order chi connectivity index (χ1) is 16.7. The summed E-state index contributed by atoms with van der Waals surface area (Å²) in [5.41, 5.74) is 5.53. The Balaban J connectivity index is 1.56. The van der Waals surface area contributed by atoms with Crippen molar-refractivity contribution < 1.29 is 9.84 Å². The number of halogens is 1. The molecule has 0 saturated heterocycles. The summed E-state index contributed by atoms with van der Waals surface area (Å²) in [6.07, 6.45) is 1.44. The van der Waals surface area contributed by atoms with Gasteiger partial charge in [-0.15, -0.1) is 0 Å². The molecular formula is C31H25BrO2. The molecule has 5 rings (SSSR count). The molecule has 0 aliphatic heterocycles. The number of rotatable bonds is 7. The molecule has 168 valence electrons. The van der Waals surface area contributed by atoms with Crippen LogP contribution >= 0.6 is 15.9 Å². The number of benzene rings is 5. The number of hydrogen-bond donors (Lipinski definition) is 1. The van der Waals surface area contributed by atoms with E-state index < -0.39 is 0 Å². The van der Waals surface area contributed by atoms with E-state index in [1.54, 1.807) is 0 Å². The smallest absolute Gasteiger partial charge is 0.133 e. The summed E-state index contributed by atoms with van der Waals surface area (Å²) in [5.74, 6) is 1.11. The minimum Gasteiger partial charge on any atom is -0.506 e. The molecule has 0 amide bonds. The minimum absolute atomic E-state index is 0.279. The Morgan fingerprint density at radius 2 is 1.12 bits per heavy atom. The van der Waals surface area contributed by atoms with Gasteiger partial charge < -0.3 is 9.84 Å². The Hall–Kier alpha value is -3.56. The van der Waals surface area contributed by atoms with Crippen LogP contribution in [0.25, 0.3) is 10.8 Å². The van der Waals surface area contributed by atoms with E-state index in [1.165, 1.54) is 5.56 Å². The second-order valence-electron chi connectivity index (χ2n) is 8.48. The van der Waals surface area contributed by atoms with Gasteiger partial charge in [-0.3, -0.25) is 0 Å². The molecule has 0 aromatic heterocycles. The zero-order chi connectivity index (χ0) is 23.3. The molecule has 0 bridgehead atoms. The van der Waals surface area contributed by atoms with Gasteiger partial charge in [0, 0.05) is 23.8 Å². The predicted molar refractivity (Wildman–Crippen MR) is 143 cm³/mol. The van der Waals surface area contributed by atoms with E-state index in [1.807, 2.05) is 48.5 Å². The van der Waals surface area contributed by atoms with Gasteiger partial charge in [0.05, 0.1) is 4.47 Å². The van der Waals surface area contributed by atoms with Crippen LogP contribution in [0.3, 0.4) is 0 Å². The van der Waals surface area contributed by atoms with Crippen LogP contribution in [0.1, 0.15) is 27.8 Å². The number of ether oxygens (including phenoxy) is 1. The largest absolute Gasteiger partial charge is 0.506 e. The fraction of sp³-hybridized carbons (Fsp3) is 0.0968. The van der Waals surface area contributed by atoms with E-state index in [4.69, 9.17) is 4.74 Å². The molecule has 0 heterocycles. The normalized spacial score (nSPS) is 11.0. The number of fused-ring (bicyclic) bond motifs is 1. The summed E-state index contributed by atoms with van der Waals surface area (Å²) in [6.45, 7) is 0.490. The third-order valence-corrected chi connectivity index (χ3v) is 6.83. The van der Waals surface area contributed by atoms with Crippen LogP contribution < -0.4 is 4.74 Å². The topological polar surface area (TPSA) is 29.5 Å². The fourth-order valence-corrected chi connectivity index (χ4v) is 4.85. The van der Waals surface area contributed by atoms with Gasteiger partial charge in [0.1, 0.15) is 18.1 Å². The van der Waals surface area contributed by atoms with Crippen LogP contribution in [-0.2, 0) is 19.4 Å². The highest BCUT2D eigenvalue weighted by Gasteiger charge is 2.15. The average molecular weight is 509 g/mol. The van der Waals surface area contributed by atoms with Crippen molar-refractivity contribution >= 4 is 26.7 Å². The van der Waals surface area contributed by atoms with Crippen LogP contribution in [0, 0.1) is 0 Å². The summed E-state index contributed by atoms with van der Waals surface area (Å²) in [4.78, 5) is 0. The molecule has 0 atom stereocenters. The van der Waals surface area contributed by atoms with Gasteiger partial charge in [-0.2, -0.15) is 0 Å². The van der Waals surface area contributed by atoms with E-state index in [-0.39, 0.29) is 5.75 Å². The SMILES string of the molecule is Oc1c(Cc2ccccc2)cc2cc(Cc3ccccc3)c(OCc3ccccc3)cc2c1Br. The van der Waals surface area contributed by atoms with Crippen LogP contribution in [0.2, 0.25) is 0 Å². The zero-order valence-electron chi connectivity index (χ0n) is 18.7. The first-order valence-corrected chi connectivity index (χ1v) is 12.2. The van der Waals surface area contributed by atoms with Crippen molar-refractivity contribution in [1.82, 2.24) is 0 Å². The predicted octanol–water partition coefficient (Wildman–Crippen LogP) is 8.07. The molecule has 0 saturated carbocycles. The number of phenols is 1. The van der Waals surface area contributed by atoms with Gasteiger partial charge in [-0.05, 0) is 61.8 Å². The number of aromatic hydroxyl groups is 1. The molecule has 3 heteroatoms. The minimum atomic E-state index is 0.279. The van der Waals surface area contributed by atoms with Crippen molar-refractivity contribution in [2.75, 3.05) is 0 Å². The fourth-order valence-electron chi connectivity index (χ4n) is 4.25. The van der Waals surface area contributed by atoms with Crippen molar-refractivity contribution in [2.24, 2.45) is 0 Å². The third kappa shape index (κ3) is 5.00. The van der Waals surface area contributed by atoms with E-state index in [9.17, 15) is 5.11 Å². The second-order valence-corrected chi connectivity index (χ2v) is 9.27. The zero-order valence-corrected chi connectivity index (χ0v) is 20.3. The van der Waals surface area contributed by atoms with Gasteiger partial charge >= 0.3 is 0 Å². The lowest BCUT2D eigenvalue weighted by molar-refractivity contribution is 0.304. The highest BCUT2D eigenvalue weighted by atomic mass is 79.9. The summed E-state index contributed by atoms with van der Waals surface area (Å²) in [6, 6.07) is 37.2. The molecular weight excluding hydrogens is 484 g/mol. The Bertz CT molecular complexity index is 1400. The maximum atomic E-state index is 11.0. The first kappa shape index (κ1) is 22.2. The lowest BCUT2D eigenvalue weighted by Gasteiger charge is -2.16. The molecule has 1 N–H and O–H groups in total. The molecule has 0 fully saturated rings. The molecule has 5 aromatic rings. The first-order valence-electron chi connectivity index (χ1n) is 11.4. The molecule has 34 heavy (non-hydrogen) atoms. The van der Waals surface area contributed by atoms with Gasteiger partial charge in [-0.1, -0.05) is 91.0 Å². The standard InChI is InChI=1S/C31H25BrO2/c32-30-28-20-29(34-21-24-14-8-3-9-15-24)26(16-22-10-4-1-5-11-22)18-25(28)19-27(31(30)33)17-23-12-6-2-7-13-23/h1-15,18-20,33H,16-17,21H2. The highest BCUT2D eigenvalue weighted by Crippen LogP contribution is 2.40. The molecule has 0 radical (unpaired) electrons. The van der Waals surface area contributed by atoms with Gasteiger partial charge in [0.2, 0.25) is 0 Å². The molecule has 5 aromatic carbocycles. The van der Waals surface area contributed by atoms with Gasteiger partial charge in [0.25, 0.3) is 0 Å². The van der Waals surface area contributed by atoms with Crippen LogP contribution in [0.4, 0.5) is 0 Å². The lowest BCUT2D eigenvalue weighted by Crippen LogP contribution is -2.00. The van der Waals surface area contributed by atoms with Crippen molar-refractivity contribution in [1.29, 1.82) is 0 Å². The van der Waals surface area contributed by atoms with Gasteiger partial charge in [-0.25, -0.2) is 0 Å². The maximum absolute atomic E-state index is 11.0. The Labute approximate surface area is 208 Å². The van der Waals surface area contributed by atoms with Crippen molar-refractivity contribution in [3.63, 3.8) is 0 Å². The third-order valence-electron chi connectivity index (χ3n) is 6.02. The Morgan fingerprint density at radius 3 is 1.71 bits per heavy atom. The number of hydrogen-bond acceptors (Lipinski definition) is 2. The molecule has 0 unspecified atom stereocenters. The monoisotopic (exact) mass is 508 g/mol. The average Bonchev–Trinajstić information content (AvgIpc) is 2.88.